The number of hydrogen-bond donors (Lipinski definition) is 0. The van der Waals surface area contributed by atoms with Gasteiger partial charge in [-0.1, -0.05) is 74.5 Å². The molecule has 1 aromatic rings. The second-order valence-corrected chi connectivity index (χ2v) is 18.0. The molecular formula is C12H22Si2. The number of rotatable bonds is 4. The summed E-state index contributed by atoms with van der Waals surface area (Å²) < 4.78 is 0. The summed E-state index contributed by atoms with van der Waals surface area (Å²) in [5, 5.41) is 1.68. The number of benzene rings is 1. The molecule has 0 heterocycles. The van der Waals surface area contributed by atoms with E-state index < -0.39 is 15.9 Å². The van der Waals surface area contributed by atoms with Crippen molar-refractivity contribution < 1.29 is 0 Å². The molecule has 2 atom stereocenters. The van der Waals surface area contributed by atoms with Crippen LogP contribution < -0.4 is 5.19 Å². The molecule has 2 unspecified atom stereocenters. The van der Waals surface area contributed by atoms with Crippen LogP contribution in [0.15, 0.2) is 30.3 Å². The van der Waals surface area contributed by atoms with E-state index in [9.17, 15) is 0 Å². The van der Waals surface area contributed by atoms with Crippen molar-refractivity contribution in [3.63, 3.8) is 0 Å². The van der Waals surface area contributed by atoms with Crippen molar-refractivity contribution in [1.82, 2.24) is 0 Å². The first-order chi connectivity index (χ1) is 6.65. The molecule has 0 aromatic heterocycles. The normalized spacial score (nSPS) is 17.4. The van der Waals surface area contributed by atoms with Crippen LogP contribution in [0.2, 0.25) is 25.2 Å². The summed E-state index contributed by atoms with van der Waals surface area (Å²) in [5.74, 6) is 0. The third kappa shape index (κ3) is 2.18. The summed E-state index contributed by atoms with van der Waals surface area (Å²) in [5.41, 5.74) is 0. The maximum absolute atomic E-state index is 2.59. The van der Waals surface area contributed by atoms with Gasteiger partial charge in [0, 0.05) is 8.31 Å². The van der Waals surface area contributed by atoms with Crippen molar-refractivity contribution in [3.05, 3.63) is 30.3 Å². The van der Waals surface area contributed by atoms with E-state index >= 15 is 0 Å². The van der Waals surface area contributed by atoms with Gasteiger partial charge in [0.05, 0.1) is 7.59 Å². The van der Waals surface area contributed by atoms with Crippen molar-refractivity contribution >= 4 is 21.1 Å². The van der Waals surface area contributed by atoms with E-state index in [-0.39, 0.29) is 0 Å². The van der Waals surface area contributed by atoms with Gasteiger partial charge in [0.1, 0.15) is 0 Å². The highest BCUT2D eigenvalue weighted by atomic mass is 29.2. The Labute approximate surface area is 90.8 Å². The molecule has 0 nitrogen and oxygen atoms in total. The smallest absolute Gasteiger partial charge is 0.0730 e. The van der Waals surface area contributed by atoms with Crippen LogP contribution in [-0.2, 0) is 0 Å². The molecular weight excluding hydrogens is 200 g/mol. The van der Waals surface area contributed by atoms with Gasteiger partial charge in [-0.3, -0.25) is 0 Å². The maximum Gasteiger partial charge on any atom is 0.0730 e. The minimum absolute atomic E-state index is 0.499. The van der Waals surface area contributed by atoms with Gasteiger partial charge >= 0.3 is 0 Å². The minimum Gasteiger partial charge on any atom is -0.0736 e. The van der Waals surface area contributed by atoms with Crippen LogP contribution in [0, 0.1) is 0 Å². The zero-order valence-electron chi connectivity index (χ0n) is 9.88. The van der Waals surface area contributed by atoms with E-state index in [4.69, 9.17) is 0 Å². The second-order valence-electron chi connectivity index (χ2n) is 4.45. The van der Waals surface area contributed by atoms with Crippen LogP contribution in [-0.4, -0.2) is 15.9 Å². The molecule has 0 bridgehead atoms. The van der Waals surface area contributed by atoms with Crippen LogP contribution in [0.4, 0.5) is 0 Å². The maximum atomic E-state index is 2.59. The molecule has 0 spiro atoms. The average Bonchev–Trinajstić information content (AvgIpc) is 2.28. The van der Waals surface area contributed by atoms with E-state index in [1.54, 1.807) is 5.19 Å². The summed E-state index contributed by atoms with van der Waals surface area (Å²) in [6.07, 6.45) is 0. The third-order valence-corrected chi connectivity index (χ3v) is 20.4. The van der Waals surface area contributed by atoms with Gasteiger partial charge in [0.15, 0.2) is 0 Å². The van der Waals surface area contributed by atoms with Crippen LogP contribution in [0.1, 0.15) is 13.8 Å². The summed E-state index contributed by atoms with van der Waals surface area (Å²) in [7, 11) is -1.56. The quantitative estimate of drug-likeness (QED) is 0.687. The van der Waals surface area contributed by atoms with E-state index in [0.29, 0.717) is 0 Å². The average molecular weight is 222 g/mol. The van der Waals surface area contributed by atoms with Crippen molar-refractivity contribution in [3.8, 4) is 0 Å². The predicted molar refractivity (Wildman–Crippen MR) is 71.7 cm³/mol. The molecule has 0 saturated carbocycles. The van der Waals surface area contributed by atoms with Gasteiger partial charge in [-0.05, 0) is 0 Å². The first-order valence-electron chi connectivity index (χ1n) is 5.70. The van der Waals surface area contributed by atoms with Gasteiger partial charge in [-0.2, -0.15) is 0 Å². The molecule has 14 heavy (non-hydrogen) atoms. The van der Waals surface area contributed by atoms with Gasteiger partial charge in [0.2, 0.25) is 0 Å². The molecule has 1 rings (SSSR count). The Hall–Kier alpha value is -0.346. The summed E-state index contributed by atoms with van der Waals surface area (Å²) in [6, 6.07) is 14.1. The lowest BCUT2D eigenvalue weighted by atomic mass is 10.4. The van der Waals surface area contributed by atoms with Crippen LogP contribution in [0.3, 0.4) is 0 Å². The Bertz CT molecular complexity index is 271. The molecule has 0 aliphatic rings. The highest BCUT2D eigenvalue weighted by molar-refractivity contribution is 7.37. The van der Waals surface area contributed by atoms with Gasteiger partial charge in [-0.25, -0.2) is 0 Å². The van der Waals surface area contributed by atoms with Crippen molar-refractivity contribution in [2.45, 2.75) is 39.0 Å². The Morgan fingerprint density at radius 1 is 1.14 bits per heavy atom. The minimum atomic E-state index is -1.06. The third-order valence-electron chi connectivity index (χ3n) is 3.87. The molecule has 0 aliphatic heterocycles. The molecule has 0 saturated heterocycles. The monoisotopic (exact) mass is 222 g/mol. The van der Waals surface area contributed by atoms with Crippen molar-refractivity contribution in [1.29, 1.82) is 0 Å². The van der Waals surface area contributed by atoms with E-state index in [0.717, 1.165) is 0 Å². The molecule has 1 aromatic carbocycles. The fraction of sp³-hybridized carbons (Fsp3) is 0.500. The lowest BCUT2D eigenvalue weighted by molar-refractivity contribution is 1.37. The fourth-order valence-electron chi connectivity index (χ4n) is 2.11. The van der Waals surface area contributed by atoms with Crippen molar-refractivity contribution in [2.24, 2.45) is 0 Å². The molecule has 78 valence electrons. The van der Waals surface area contributed by atoms with Gasteiger partial charge in [0.25, 0.3) is 0 Å². The van der Waals surface area contributed by atoms with Gasteiger partial charge < -0.3 is 0 Å². The van der Waals surface area contributed by atoms with Crippen LogP contribution >= 0.6 is 0 Å². The zero-order valence-corrected chi connectivity index (χ0v) is 12.0. The zero-order chi connectivity index (χ0) is 10.6. The SMILES string of the molecule is CC[SiH](C)[Si](C)(CC)c1ccccc1. The Morgan fingerprint density at radius 2 is 1.71 bits per heavy atom. The van der Waals surface area contributed by atoms with Crippen LogP contribution in [0.25, 0.3) is 0 Å². The standard InChI is InChI=1S/C12H22Si2/c1-5-13(3)14(4,6-2)12-10-8-7-9-11-12/h7-11,13H,5-6H2,1-4H3. The molecule has 0 aliphatic carbocycles. The molecule has 0 N–H and O–H groups in total. The Kier molecular flexibility index (Phi) is 4.14. The largest absolute Gasteiger partial charge is 0.0736 e. The lowest BCUT2D eigenvalue weighted by Gasteiger charge is -2.31. The fourth-order valence-corrected chi connectivity index (χ4v) is 12.7. The molecule has 0 fully saturated rings. The highest BCUT2D eigenvalue weighted by Gasteiger charge is 2.33. The van der Waals surface area contributed by atoms with E-state index in [1.807, 2.05) is 0 Å². The lowest BCUT2D eigenvalue weighted by Crippen LogP contribution is -2.56. The summed E-state index contributed by atoms with van der Waals surface area (Å²) in [6.45, 7) is 9.91. The van der Waals surface area contributed by atoms with E-state index in [1.165, 1.54) is 12.1 Å². The summed E-state index contributed by atoms with van der Waals surface area (Å²) >= 11 is 0. The Balaban J connectivity index is 3.01. The molecule has 0 amide bonds. The van der Waals surface area contributed by atoms with E-state index in [2.05, 4.69) is 57.3 Å². The predicted octanol–water partition coefficient (Wildman–Crippen LogP) is 2.95. The first-order valence-corrected chi connectivity index (χ1v) is 12.2. The van der Waals surface area contributed by atoms with Crippen molar-refractivity contribution in [2.75, 3.05) is 0 Å². The summed E-state index contributed by atoms with van der Waals surface area (Å²) in [4.78, 5) is 0. The highest BCUT2D eigenvalue weighted by Crippen LogP contribution is 2.16. The molecule has 0 radical (unpaired) electrons. The Morgan fingerprint density at radius 3 is 2.14 bits per heavy atom. The number of hydrogen-bond acceptors (Lipinski definition) is 0. The van der Waals surface area contributed by atoms with Gasteiger partial charge in [-0.15, -0.1) is 0 Å². The van der Waals surface area contributed by atoms with Crippen LogP contribution in [0.5, 0.6) is 0 Å². The molecule has 2 heteroatoms. The first kappa shape index (κ1) is 11.7. The second kappa shape index (κ2) is 4.94. The topological polar surface area (TPSA) is 0 Å².